The molecular formula is C14H17N3S. The number of hydrogen-bond donors (Lipinski definition) is 1. The zero-order valence-corrected chi connectivity index (χ0v) is 11.5. The first-order valence-electron chi connectivity index (χ1n) is 6.34. The van der Waals surface area contributed by atoms with Gasteiger partial charge in [-0.05, 0) is 37.8 Å². The Bertz CT molecular complexity index is 558. The van der Waals surface area contributed by atoms with Gasteiger partial charge in [0.15, 0.2) is 0 Å². The second-order valence-corrected chi connectivity index (χ2v) is 6.08. The monoisotopic (exact) mass is 259 g/mol. The van der Waals surface area contributed by atoms with Crippen LogP contribution in [0.2, 0.25) is 0 Å². The van der Waals surface area contributed by atoms with E-state index >= 15 is 0 Å². The van der Waals surface area contributed by atoms with Crippen molar-refractivity contribution in [1.29, 1.82) is 0 Å². The van der Waals surface area contributed by atoms with Gasteiger partial charge in [-0.25, -0.2) is 4.98 Å². The number of aryl methyl sites for hydroxylation is 2. The molecule has 0 radical (unpaired) electrons. The third-order valence-corrected chi connectivity index (χ3v) is 4.12. The molecule has 1 saturated carbocycles. The lowest BCUT2D eigenvalue weighted by Crippen LogP contribution is -2.14. The van der Waals surface area contributed by atoms with Crippen LogP contribution in [0.25, 0.3) is 10.7 Å². The third-order valence-electron chi connectivity index (χ3n) is 3.11. The van der Waals surface area contributed by atoms with Crippen molar-refractivity contribution < 1.29 is 0 Å². The van der Waals surface area contributed by atoms with Gasteiger partial charge in [0.05, 0.1) is 0 Å². The molecule has 94 valence electrons. The molecule has 3 rings (SSSR count). The van der Waals surface area contributed by atoms with Crippen LogP contribution in [-0.2, 0) is 6.54 Å². The van der Waals surface area contributed by atoms with Gasteiger partial charge in [-0.3, -0.25) is 4.98 Å². The molecule has 1 aliphatic rings. The van der Waals surface area contributed by atoms with Crippen LogP contribution < -0.4 is 5.32 Å². The summed E-state index contributed by atoms with van der Waals surface area (Å²) in [6.45, 7) is 5.10. The Labute approximate surface area is 111 Å². The van der Waals surface area contributed by atoms with Crippen LogP contribution in [0.5, 0.6) is 0 Å². The molecule has 0 aromatic carbocycles. The lowest BCUT2D eigenvalue weighted by Gasteiger charge is -2.02. The zero-order valence-electron chi connectivity index (χ0n) is 10.7. The molecule has 2 aromatic heterocycles. The summed E-state index contributed by atoms with van der Waals surface area (Å²) in [6, 6.07) is 2.90. The summed E-state index contributed by atoms with van der Waals surface area (Å²) in [5.41, 5.74) is 3.41. The fourth-order valence-corrected chi connectivity index (χ4v) is 2.90. The molecule has 1 fully saturated rings. The highest BCUT2D eigenvalue weighted by Crippen LogP contribution is 2.27. The standard InChI is InChI=1S/C14H17N3S/c1-9-5-10(2)13(16-6-9)14-17-8-12(18-14)7-15-11-3-4-11/h5-6,8,11,15H,3-4,7H2,1-2H3. The molecule has 1 aliphatic carbocycles. The third kappa shape index (κ3) is 2.60. The van der Waals surface area contributed by atoms with Crippen molar-refractivity contribution in [3.63, 3.8) is 0 Å². The van der Waals surface area contributed by atoms with Crippen molar-refractivity contribution in [1.82, 2.24) is 15.3 Å². The summed E-state index contributed by atoms with van der Waals surface area (Å²) < 4.78 is 0. The number of nitrogens with zero attached hydrogens (tertiary/aromatic N) is 2. The van der Waals surface area contributed by atoms with Gasteiger partial charge in [-0.2, -0.15) is 0 Å². The van der Waals surface area contributed by atoms with Crippen LogP contribution in [-0.4, -0.2) is 16.0 Å². The molecule has 2 heterocycles. The molecule has 0 aliphatic heterocycles. The lowest BCUT2D eigenvalue weighted by molar-refractivity contribution is 0.694. The molecule has 2 aromatic rings. The van der Waals surface area contributed by atoms with Crippen molar-refractivity contribution in [3.05, 3.63) is 34.5 Å². The van der Waals surface area contributed by atoms with Gasteiger partial charge in [0.2, 0.25) is 0 Å². The van der Waals surface area contributed by atoms with Gasteiger partial charge < -0.3 is 5.32 Å². The highest BCUT2D eigenvalue weighted by molar-refractivity contribution is 7.15. The minimum Gasteiger partial charge on any atom is -0.309 e. The number of thiazole rings is 1. The lowest BCUT2D eigenvalue weighted by atomic mass is 10.2. The molecule has 3 nitrogen and oxygen atoms in total. The van der Waals surface area contributed by atoms with Crippen molar-refractivity contribution in [3.8, 4) is 10.7 Å². The normalized spacial score (nSPS) is 15.0. The summed E-state index contributed by atoms with van der Waals surface area (Å²) in [7, 11) is 0. The predicted octanol–water partition coefficient (Wildman–Crippen LogP) is 3.07. The maximum atomic E-state index is 4.50. The van der Waals surface area contributed by atoms with Gasteiger partial charge in [0, 0.05) is 29.9 Å². The molecule has 0 spiro atoms. The van der Waals surface area contributed by atoms with Crippen LogP contribution in [0.3, 0.4) is 0 Å². The zero-order chi connectivity index (χ0) is 12.5. The summed E-state index contributed by atoms with van der Waals surface area (Å²) in [5.74, 6) is 0. The SMILES string of the molecule is Cc1cnc(-c2ncc(CNC3CC3)s2)c(C)c1. The van der Waals surface area contributed by atoms with E-state index in [0.29, 0.717) is 0 Å². The smallest absolute Gasteiger partial charge is 0.142 e. The van der Waals surface area contributed by atoms with Crippen molar-refractivity contribution in [2.45, 2.75) is 39.3 Å². The van der Waals surface area contributed by atoms with Crippen molar-refractivity contribution >= 4 is 11.3 Å². The second kappa shape index (κ2) is 4.78. The topological polar surface area (TPSA) is 37.8 Å². The second-order valence-electron chi connectivity index (χ2n) is 4.97. The number of hydrogen-bond acceptors (Lipinski definition) is 4. The summed E-state index contributed by atoms with van der Waals surface area (Å²) in [6.07, 6.45) is 6.52. The van der Waals surface area contributed by atoms with Gasteiger partial charge in [0.1, 0.15) is 10.7 Å². The fraction of sp³-hybridized carbons (Fsp3) is 0.429. The van der Waals surface area contributed by atoms with E-state index < -0.39 is 0 Å². The molecule has 1 N–H and O–H groups in total. The van der Waals surface area contributed by atoms with E-state index in [0.717, 1.165) is 23.3 Å². The number of aromatic nitrogens is 2. The molecule has 0 amide bonds. The Hall–Kier alpha value is -1.26. The van der Waals surface area contributed by atoms with Crippen LogP contribution in [0.4, 0.5) is 0 Å². The fourth-order valence-electron chi connectivity index (χ4n) is 1.97. The largest absolute Gasteiger partial charge is 0.309 e. The molecular weight excluding hydrogens is 242 g/mol. The number of nitrogens with one attached hydrogen (secondary N) is 1. The van der Waals surface area contributed by atoms with Gasteiger partial charge in [-0.1, -0.05) is 6.07 Å². The first-order chi connectivity index (χ1) is 8.72. The Morgan fingerprint density at radius 3 is 2.83 bits per heavy atom. The van der Waals surface area contributed by atoms with E-state index in [1.807, 2.05) is 12.4 Å². The van der Waals surface area contributed by atoms with Gasteiger partial charge in [-0.15, -0.1) is 11.3 Å². The molecule has 0 bridgehead atoms. The number of rotatable bonds is 4. The van der Waals surface area contributed by atoms with E-state index in [2.05, 4.69) is 35.2 Å². The maximum Gasteiger partial charge on any atom is 0.142 e. The average Bonchev–Trinajstić information content (AvgIpc) is 3.05. The molecule has 4 heteroatoms. The minimum atomic E-state index is 0.745. The van der Waals surface area contributed by atoms with Gasteiger partial charge in [0.25, 0.3) is 0 Å². The Kier molecular flexibility index (Phi) is 3.14. The Morgan fingerprint density at radius 2 is 2.11 bits per heavy atom. The first-order valence-corrected chi connectivity index (χ1v) is 7.16. The Balaban J connectivity index is 1.78. The summed E-state index contributed by atoms with van der Waals surface area (Å²) in [4.78, 5) is 10.3. The summed E-state index contributed by atoms with van der Waals surface area (Å²) in [5, 5.41) is 4.54. The maximum absolute atomic E-state index is 4.50. The van der Waals surface area contributed by atoms with Crippen LogP contribution in [0.1, 0.15) is 28.8 Å². The van der Waals surface area contributed by atoms with E-state index in [1.165, 1.54) is 28.8 Å². The number of pyridine rings is 1. The van der Waals surface area contributed by atoms with Crippen LogP contribution in [0.15, 0.2) is 18.5 Å². The van der Waals surface area contributed by atoms with Crippen LogP contribution >= 0.6 is 11.3 Å². The predicted molar refractivity (Wildman–Crippen MR) is 74.7 cm³/mol. The molecule has 18 heavy (non-hydrogen) atoms. The highest BCUT2D eigenvalue weighted by Gasteiger charge is 2.20. The molecule has 0 saturated heterocycles. The van der Waals surface area contributed by atoms with E-state index in [1.54, 1.807) is 11.3 Å². The van der Waals surface area contributed by atoms with E-state index in [-0.39, 0.29) is 0 Å². The average molecular weight is 259 g/mol. The first kappa shape index (κ1) is 11.8. The van der Waals surface area contributed by atoms with E-state index in [4.69, 9.17) is 0 Å². The van der Waals surface area contributed by atoms with Crippen LogP contribution in [0, 0.1) is 13.8 Å². The molecule has 0 atom stereocenters. The Morgan fingerprint density at radius 1 is 1.28 bits per heavy atom. The molecule has 0 unspecified atom stereocenters. The van der Waals surface area contributed by atoms with Gasteiger partial charge >= 0.3 is 0 Å². The van der Waals surface area contributed by atoms with E-state index in [9.17, 15) is 0 Å². The van der Waals surface area contributed by atoms with Crippen molar-refractivity contribution in [2.75, 3.05) is 0 Å². The minimum absolute atomic E-state index is 0.745. The quantitative estimate of drug-likeness (QED) is 0.917. The highest BCUT2D eigenvalue weighted by atomic mass is 32.1. The van der Waals surface area contributed by atoms with Crippen molar-refractivity contribution in [2.24, 2.45) is 0 Å². The summed E-state index contributed by atoms with van der Waals surface area (Å²) >= 11 is 1.74.